The number of aromatic hydroxyl groups is 1. The van der Waals surface area contributed by atoms with Crippen LogP contribution in [0.15, 0.2) is 24.3 Å². The third-order valence-corrected chi connectivity index (χ3v) is 3.86. The van der Waals surface area contributed by atoms with Crippen LogP contribution in [0.25, 0.3) is 0 Å². The first-order valence-corrected chi connectivity index (χ1v) is 8.70. The second kappa shape index (κ2) is 15.6. The summed E-state index contributed by atoms with van der Waals surface area (Å²) in [6, 6.07) is 6.48. The Balaban J connectivity index is 0.00000484. The van der Waals surface area contributed by atoms with Crippen LogP contribution < -0.4 is 0 Å². The number of ether oxygens (including phenoxy) is 1. The van der Waals surface area contributed by atoms with Crippen LogP contribution in [-0.2, 0) is 4.74 Å². The van der Waals surface area contributed by atoms with Gasteiger partial charge in [0, 0.05) is 0 Å². The molecular formula is C19H32BaO3. The van der Waals surface area contributed by atoms with Gasteiger partial charge < -0.3 is 9.84 Å². The molecule has 1 aromatic rings. The molecule has 0 saturated carbocycles. The van der Waals surface area contributed by atoms with Crippen molar-refractivity contribution in [2.75, 3.05) is 6.61 Å². The van der Waals surface area contributed by atoms with E-state index in [1.807, 2.05) is 0 Å². The van der Waals surface area contributed by atoms with Crippen LogP contribution >= 0.6 is 0 Å². The SMILES string of the molecule is CCCCCCCCCCCCOC(=O)c1ccccc1O.[BaH2]. The molecule has 0 aliphatic heterocycles. The number of carbonyl (C=O) groups excluding carboxylic acids is 1. The molecule has 23 heavy (non-hydrogen) atoms. The Morgan fingerprint density at radius 3 is 2.00 bits per heavy atom. The number of rotatable bonds is 12. The van der Waals surface area contributed by atoms with Gasteiger partial charge in [0.25, 0.3) is 0 Å². The molecule has 0 heterocycles. The summed E-state index contributed by atoms with van der Waals surface area (Å²) in [5, 5.41) is 9.56. The van der Waals surface area contributed by atoms with Gasteiger partial charge in [0.15, 0.2) is 0 Å². The van der Waals surface area contributed by atoms with Gasteiger partial charge in [0.05, 0.1) is 6.61 Å². The van der Waals surface area contributed by atoms with Crippen molar-refractivity contribution in [2.24, 2.45) is 0 Å². The topological polar surface area (TPSA) is 46.5 Å². The second-order valence-corrected chi connectivity index (χ2v) is 5.84. The van der Waals surface area contributed by atoms with Gasteiger partial charge in [-0.25, -0.2) is 4.79 Å². The standard InChI is InChI=1S/C19H30O3.Ba.2H/c1-2-3-4-5-6-7-8-9-10-13-16-22-19(21)17-14-11-12-15-18(17)20;;;/h11-12,14-15,20H,2-10,13,16H2,1H3;;;. The van der Waals surface area contributed by atoms with Crippen molar-refractivity contribution in [3.05, 3.63) is 29.8 Å². The third-order valence-electron chi connectivity index (χ3n) is 3.86. The molecular weight excluding hydrogens is 414 g/mol. The molecule has 0 aromatic heterocycles. The summed E-state index contributed by atoms with van der Waals surface area (Å²) >= 11 is 0. The maximum atomic E-state index is 11.7. The molecule has 0 amide bonds. The van der Waals surface area contributed by atoms with Gasteiger partial charge in [-0.15, -0.1) is 0 Å². The van der Waals surface area contributed by atoms with E-state index in [0.717, 1.165) is 12.8 Å². The van der Waals surface area contributed by atoms with Crippen molar-refractivity contribution >= 4 is 54.9 Å². The van der Waals surface area contributed by atoms with Crippen LogP contribution in [0.4, 0.5) is 0 Å². The van der Waals surface area contributed by atoms with E-state index in [2.05, 4.69) is 6.92 Å². The molecule has 0 unspecified atom stereocenters. The Labute approximate surface area is 181 Å². The number of phenolic OH excluding ortho intramolecular Hbond substituents is 1. The number of carbonyl (C=O) groups is 1. The molecule has 3 nitrogen and oxygen atoms in total. The first kappa shape index (κ1) is 23.1. The van der Waals surface area contributed by atoms with E-state index in [1.165, 1.54) is 57.4 Å². The van der Waals surface area contributed by atoms with Crippen molar-refractivity contribution in [2.45, 2.75) is 71.1 Å². The molecule has 1 rings (SSSR count). The molecule has 0 atom stereocenters. The molecule has 1 aromatic carbocycles. The summed E-state index contributed by atoms with van der Waals surface area (Å²) in [5.41, 5.74) is 0.245. The van der Waals surface area contributed by atoms with Crippen molar-refractivity contribution in [3.63, 3.8) is 0 Å². The van der Waals surface area contributed by atoms with Crippen molar-refractivity contribution in [1.29, 1.82) is 0 Å². The van der Waals surface area contributed by atoms with Gasteiger partial charge >= 0.3 is 54.9 Å². The van der Waals surface area contributed by atoms with E-state index in [0.29, 0.717) is 6.61 Å². The van der Waals surface area contributed by atoms with E-state index < -0.39 is 5.97 Å². The first-order valence-electron chi connectivity index (χ1n) is 8.70. The Bertz CT molecular complexity index is 421. The van der Waals surface area contributed by atoms with Crippen LogP contribution in [0.2, 0.25) is 0 Å². The summed E-state index contributed by atoms with van der Waals surface area (Å²) in [6.45, 7) is 2.68. The van der Waals surface area contributed by atoms with Crippen LogP contribution in [0.1, 0.15) is 81.5 Å². The van der Waals surface area contributed by atoms with E-state index in [1.54, 1.807) is 18.2 Å². The molecule has 0 spiro atoms. The normalized spacial score (nSPS) is 10.1. The number of unbranched alkanes of at least 4 members (excludes halogenated alkanes) is 9. The number of para-hydroxylation sites is 1. The fourth-order valence-electron chi connectivity index (χ4n) is 2.48. The van der Waals surface area contributed by atoms with Gasteiger partial charge in [-0.3, -0.25) is 0 Å². The van der Waals surface area contributed by atoms with Crippen LogP contribution in [0.3, 0.4) is 0 Å². The minimum atomic E-state index is -0.436. The Morgan fingerprint density at radius 1 is 0.913 bits per heavy atom. The summed E-state index contributed by atoms with van der Waals surface area (Å²) in [4.78, 5) is 11.7. The van der Waals surface area contributed by atoms with Gasteiger partial charge in [0.2, 0.25) is 0 Å². The van der Waals surface area contributed by atoms with E-state index >= 15 is 0 Å². The molecule has 4 heteroatoms. The van der Waals surface area contributed by atoms with Gasteiger partial charge in [-0.2, -0.15) is 0 Å². The monoisotopic (exact) mass is 446 g/mol. The molecule has 0 aliphatic rings. The predicted octanol–water partition coefficient (Wildman–Crippen LogP) is 4.55. The van der Waals surface area contributed by atoms with E-state index in [4.69, 9.17) is 4.74 Å². The zero-order chi connectivity index (χ0) is 16.0. The summed E-state index contributed by atoms with van der Waals surface area (Å²) in [6.07, 6.45) is 12.6. The van der Waals surface area contributed by atoms with Crippen molar-refractivity contribution in [1.82, 2.24) is 0 Å². The quantitative estimate of drug-likeness (QED) is 0.291. The predicted molar refractivity (Wildman–Crippen MR) is 98.8 cm³/mol. The van der Waals surface area contributed by atoms with Gasteiger partial charge in [0.1, 0.15) is 11.3 Å². The average molecular weight is 446 g/mol. The fourth-order valence-corrected chi connectivity index (χ4v) is 2.48. The summed E-state index contributed by atoms with van der Waals surface area (Å²) in [7, 11) is 0. The van der Waals surface area contributed by atoms with E-state index in [9.17, 15) is 9.90 Å². The zero-order valence-electron chi connectivity index (χ0n) is 13.9. The van der Waals surface area contributed by atoms with Crippen molar-refractivity contribution < 1.29 is 14.6 Å². The molecule has 0 bridgehead atoms. The number of phenols is 1. The van der Waals surface area contributed by atoms with Crippen LogP contribution in [-0.4, -0.2) is 66.6 Å². The number of benzene rings is 1. The second-order valence-electron chi connectivity index (χ2n) is 5.84. The van der Waals surface area contributed by atoms with Crippen molar-refractivity contribution in [3.8, 4) is 5.75 Å². The molecule has 0 saturated heterocycles. The van der Waals surface area contributed by atoms with E-state index in [-0.39, 0.29) is 60.2 Å². The molecule has 0 fully saturated rings. The Kier molecular flexibility index (Phi) is 15.6. The van der Waals surface area contributed by atoms with Crippen LogP contribution in [0.5, 0.6) is 5.75 Å². The Hall–Kier alpha value is 0.0614. The number of hydrogen-bond acceptors (Lipinski definition) is 3. The van der Waals surface area contributed by atoms with Gasteiger partial charge in [-0.1, -0.05) is 76.8 Å². The first-order chi connectivity index (χ1) is 10.8. The molecule has 1 N–H and O–H groups in total. The molecule has 128 valence electrons. The fraction of sp³-hybridized carbons (Fsp3) is 0.632. The third kappa shape index (κ3) is 11.3. The zero-order valence-corrected chi connectivity index (χ0v) is 13.9. The summed E-state index contributed by atoms with van der Waals surface area (Å²) < 4.78 is 5.18. The average Bonchev–Trinajstić information content (AvgIpc) is 2.53. The Morgan fingerprint density at radius 2 is 1.43 bits per heavy atom. The number of esters is 1. The maximum absolute atomic E-state index is 11.7. The number of hydrogen-bond donors (Lipinski definition) is 1. The molecule has 0 radical (unpaired) electrons. The minimum absolute atomic E-state index is 0. The molecule has 0 aliphatic carbocycles. The van der Waals surface area contributed by atoms with Gasteiger partial charge in [-0.05, 0) is 18.6 Å². The summed E-state index contributed by atoms with van der Waals surface area (Å²) in [5.74, 6) is -0.454. The van der Waals surface area contributed by atoms with Crippen LogP contribution in [0, 0.1) is 0 Å².